The lowest BCUT2D eigenvalue weighted by molar-refractivity contribution is -0.136. The molecule has 2 aromatic heterocycles. The molecular weight excluding hydrogens is 327 g/mol. The Morgan fingerprint density at radius 3 is 2.72 bits per heavy atom. The Balaban J connectivity index is 1.61. The van der Waals surface area contributed by atoms with Crippen molar-refractivity contribution < 1.29 is 18.4 Å². The van der Waals surface area contributed by atoms with Crippen molar-refractivity contribution in [2.24, 2.45) is 0 Å². The largest absolute Gasteiger partial charge is 0.467 e. The van der Waals surface area contributed by atoms with Crippen molar-refractivity contribution in [3.8, 4) is 0 Å². The molecule has 0 saturated heterocycles. The van der Waals surface area contributed by atoms with E-state index < -0.39 is 11.8 Å². The normalized spacial score (nSPS) is 10.4. The molecule has 0 aliphatic rings. The number of halogens is 1. The molecule has 3 aromatic rings. The molecular formula is C17H15FN4O3. The molecule has 0 bridgehead atoms. The molecule has 0 fully saturated rings. The van der Waals surface area contributed by atoms with Gasteiger partial charge >= 0.3 is 11.8 Å². The molecule has 0 aliphatic heterocycles. The quantitative estimate of drug-likeness (QED) is 0.693. The van der Waals surface area contributed by atoms with Gasteiger partial charge in [0.1, 0.15) is 17.4 Å². The van der Waals surface area contributed by atoms with E-state index in [1.54, 1.807) is 30.3 Å². The highest BCUT2D eigenvalue weighted by atomic mass is 19.1. The molecule has 25 heavy (non-hydrogen) atoms. The van der Waals surface area contributed by atoms with Crippen molar-refractivity contribution in [3.05, 3.63) is 72.1 Å². The van der Waals surface area contributed by atoms with Gasteiger partial charge in [-0.05, 0) is 18.2 Å². The van der Waals surface area contributed by atoms with Crippen LogP contribution in [0.1, 0.15) is 11.3 Å². The SMILES string of the molecule is O=C(NCc1ccco1)C(=O)Nc1ccnn1Cc1ccccc1F. The van der Waals surface area contributed by atoms with Crippen molar-refractivity contribution in [2.45, 2.75) is 13.1 Å². The number of amides is 2. The molecule has 2 heterocycles. The first-order valence-electron chi connectivity index (χ1n) is 7.50. The third-order valence-corrected chi connectivity index (χ3v) is 3.45. The van der Waals surface area contributed by atoms with Gasteiger partial charge in [-0.2, -0.15) is 5.10 Å². The molecule has 0 spiro atoms. The zero-order valence-corrected chi connectivity index (χ0v) is 13.1. The Morgan fingerprint density at radius 1 is 1.12 bits per heavy atom. The van der Waals surface area contributed by atoms with Crippen LogP contribution in [0, 0.1) is 5.82 Å². The molecule has 8 heteroatoms. The van der Waals surface area contributed by atoms with Crippen LogP contribution in [0.15, 0.2) is 59.3 Å². The minimum Gasteiger partial charge on any atom is -0.467 e. The topological polar surface area (TPSA) is 89.2 Å². The van der Waals surface area contributed by atoms with Crippen LogP contribution in [-0.4, -0.2) is 21.6 Å². The Labute approximate surface area is 142 Å². The number of hydrogen-bond donors (Lipinski definition) is 2. The predicted molar refractivity (Wildman–Crippen MR) is 86.9 cm³/mol. The van der Waals surface area contributed by atoms with Crippen LogP contribution in [0.5, 0.6) is 0 Å². The van der Waals surface area contributed by atoms with Crippen molar-refractivity contribution in [2.75, 3.05) is 5.32 Å². The molecule has 0 saturated carbocycles. The van der Waals surface area contributed by atoms with Gasteiger partial charge in [0.05, 0.1) is 25.5 Å². The number of nitrogens with zero attached hydrogens (tertiary/aromatic N) is 2. The average Bonchev–Trinajstić information content (AvgIpc) is 3.27. The Bertz CT molecular complexity index is 874. The lowest BCUT2D eigenvalue weighted by Gasteiger charge is -2.09. The van der Waals surface area contributed by atoms with Gasteiger partial charge in [-0.1, -0.05) is 18.2 Å². The molecule has 0 atom stereocenters. The van der Waals surface area contributed by atoms with Crippen LogP contribution in [-0.2, 0) is 22.7 Å². The predicted octanol–water partition coefficient (Wildman–Crippen LogP) is 1.92. The number of rotatable bonds is 5. The van der Waals surface area contributed by atoms with Gasteiger partial charge in [0.25, 0.3) is 0 Å². The van der Waals surface area contributed by atoms with Gasteiger partial charge in [0.15, 0.2) is 0 Å². The first-order chi connectivity index (χ1) is 12.1. The molecule has 128 valence electrons. The second-order valence-electron chi connectivity index (χ2n) is 5.18. The number of anilines is 1. The first-order valence-corrected chi connectivity index (χ1v) is 7.50. The third-order valence-electron chi connectivity index (χ3n) is 3.45. The van der Waals surface area contributed by atoms with Crippen molar-refractivity contribution in [1.82, 2.24) is 15.1 Å². The van der Waals surface area contributed by atoms with Gasteiger partial charge in [0, 0.05) is 11.6 Å². The van der Waals surface area contributed by atoms with Gasteiger partial charge in [-0.3, -0.25) is 9.59 Å². The van der Waals surface area contributed by atoms with Crippen molar-refractivity contribution in [3.63, 3.8) is 0 Å². The van der Waals surface area contributed by atoms with E-state index in [0.717, 1.165) is 0 Å². The van der Waals surface area contributed by atoms with Crippen LogP contribution in [0.2, 0.25) is 0 Å². The van der Waals surface area contributed by atoms with Crippen LogP contribution in [0.3, 0.4) is 0 Å². The fourth-order valence-electron chi connectivity index (χ4n) is 2.19. The Morgan fingerprint density at radius 2 is 1.96 bits per heavy atom. The standard InChI is InChI=1S/C17H15FN4O3/c18-14-6-2-1-4-12(14)11-22-15(7-8-20-22)21-17(24)16(23)19-10-13-5-3-9-25-13/h1-9H,10-11H2,(H,19,23)(H,21,24). The van der Waals surface area contributed by atoms with Crippen molar-refractivity contribution in [1.29, 1.82) is 0 Å². The summed E-state index contributed by atoms with van der Waals surface area (Å²) in [5.41, 5.74) is 0.420. The lowest BCUT2D eigenvalue weighted by atomic mass is 10.2. The van der Waals surface area contributed by atoms with E-state index in [1.807, 2.05) is 0 Å². The molecule has 3 rings (SSSR count). The third kappa shape index (κ3) is 4.11. The van der Waals surface area contributed by atoms with Gasteiger partial charge in [-0.25, -0.2) is 9.07 Å². The summed E-state index contributed by atoms with van der Waals surface area (Å²) in [6.07, 6.45) is 2.93. The van der Waals surface area contributed by atoms with Crippen LogP contribution in [0.4, 0.5) is 10.2 Å². The Kier molecular flexibility index (Phi) is 4.89. The summed E-state index contributed by atoms with van der Waals surface area (Å²) in [4.78, 5) is 23.8. The number of carbonyl (C=O) groups excluding carboxylic acids is 2. The number of hydrogen-bond acceptors (Lipinski definition) is 4. The van der Waals surface area contributed by atoms with Crippen LogP contribution >= 0.6 is 0 Å². The number of carbonyl (C=O) groups is 2. The van der Waals surface area contributed by atoms with Gasteiger partial charge < -0.3 is 15.1 Å². The highest BCUT2D eigenvalue weighted by Gasteiger charge is 2.16. The summed E-state index contributed by atoms with van der Waals surface area (Å²) in [6, 6.07) is 11.2. The maximum Gasteiger partial charge on any atom is 0.314 e. The fraction of sp³-hybridized carbons (Fsp3) is 0.118. The average molecular weight is 342 g/mol. The first kappa shape index (κ1) is 16.4. The number of aromatic nitrogens is 2. The van der Waals surface area contributed by atoms with Gasteiger partial charge in [-0.15, -0.1) is 0 Å². The fourth-order valence-corrected chi connectivity index (χ4v) is 2.19. The van der Waals surface area contributed by atoms with Crippen molar-refractivity contribution >= 4 is 17.6 Å². The van der Waals surface area contributed by atoms with E-state index in [2.05, 4.69) is 15.7 Å². The summed E-state index contributed by atoms with van der Waals surface area (Å²) in [7, 11) is 0. The van der Waals surface area contributed by atoms with Crippen LogP contribution < -0.4 is 10.6 Å². The summed E-state index contributed by atoms with van der Waals surface area (Å²) in [5, 5.41) is 8.94. The summed E-state index contributed by atoms with van der Waals surface area (Å²) < 4.78 is 20.2. The Hall–Kier alpha value is -3.42. The van der Waals surface area contributed by atoms with E-state index in [-0.39, 0.29) is 18.9 Å². The zero-order chi connectivity index (χ0) is 17.6. The number of nitrogens with one attached hydrogen (secondary N) is 2. The summed E-state index contributed by atoms with van der Waals surface area (Å²) >= 11 is 0. The molecule has 2 amide bonds. The van der Waals surface area contributed by atoms with E-state index in [9.17, 15) is 14.0 Å². The maximum atomic E-state index is 13.7. The van der Waals surface area contributed by atoms with E-state index in [4.69, 9.17) is 4.42 Å². The summed E-state index contributed by atoms with van der Waals surface area (Å²) in [6.45, 7) is 0.233. The van der Waals surface area contributed by atoms with E-state index >= 15 is 0 Å². The van der Waals surface area contributed by atoms with E-state index in [1.165, 1.54) is 29.3 Å². The van der Waals surface area contributed by atoms with E-state index in [0.29, 0.717) is 17.1 Å². The second kappa shape index (κ2) is 7.43. The zero-order valence-electron chi connectivity index (χ0n) is 13.1. The molecule has 0 radical (unpaired) electrons. The molecule has 7 nitrogen and oxygen atoms in total. The molecule has 0 unspecified atom stereocenters. The smallest absolute Gasteiger partial charge is 0.314 e. The molecule has 1 aromatic carbocycles. The second-order valence-corrected chi connectivity index (χ2v) is 5.18. The van der Waals surface area contributed by atoms with Crippen LogP contribution in [0.25, 0.3) is 0 Å². The highest BCUT2D eigenvalue weighted by molar-refractivity contribution is 6.39. The monoisotopic (exact) mass is 342 g/mol. The minimum atomic E-state index is -0.846. The summed E-state index contributed by atoms with van der Waals surface area (Å²) in [5.74, 6) is -1.20. The highest BCUT2D eigenvalue weighted by Crippen LogP contribution is 2.13. The minimum absolute atomic E-state index is 0.105. The molecule has 0 aliphatic carbocycles. The molecule has 2 N–H and O–H groups in total. The number of benzene rings is 1. The maximum absolute atomic E-state index is 13.7. The number of furan rings is 1. The van der Waals surface area contributed by atoms with Gasteiger partial charge in [0.2, 0.25) is 0 Å². The lowest BCUT2D eigenvalue weighted by Crippen LogP contribution is -2.35.